The standard InChI is InChI=1S/C17H11Cl6NO2/c1-6-3-4-8(5-7(6)2)24-13(25)9-10(14(24)26)16(21)12(19)11(18)15(9,20)17(16,22)23/h3-5,9-10H,1-2H3/t9-,10-,15+,16+/m1/s1. The smallest absolute Gasteiger partial charge is 0.240 e. The first kappa shape index (κ1) is 19.2. The molecule has 1 saturated carbocycles. The summed E-state index contributed by atoms with van der Waals surface area (Å²) in [5.41, 5.74) is 2.39. The normalized spacial score (nSPS) is 37.8. The number of anilines is 1. The highest BCUT2D eigenvalue weighted by Gasteiger charge is 2.87. The van der Waals surface area contributed by atoms with Crippen LogP contribution in [0.3, 0.4) is 0 Å². The van der Waals surface area contributed by atoms with E-state index >= 15 is 0 Å². The maximum absolute atomic E-state index is 13.2. The van der Waals surface area contributed by atoms with Crippen LogP contribution >= 0.6 is 69.6 Å². The molecule has 2 amide bonds. The molecule has 0 unspecified atom stereocenters. The van der Waals surface area contributed by atoms with Crippen LogP contribution in [0.15, 0.2) is 28.3 Å². The van der Waals surface area contributed by atoms with Gasteiger partial charge in [0.25, 0.3) is 0 Å². The van der Waals surface area contributed by atoms with Crippen molar-refractivity contribution >= 4 is 87.1 Å². The number of amides is 2. The number of halogens is 6. The van der Waals surface area contributed by atoms with E-state index in [1.165, 1.54) is 0 Å². The second-order valence-electron chi connectivity index (χ2n) is 6.86. The van der Waals surface area contributed by atoms with E-state index in [2.05, 4.69) is 0 Å². The molecular weight excluding hydrogens is 463 g/mol. The van der Waals surface area contributed by atoms with E-state index in [0.717, 1.165) is 16.0 Å². The number of nitrogens with zero attached hydrogens (tertiary/aromatic N) is 1. The fraction of sp³-hybridized carbons (Fsp3) is 0.412. The minimum absolute atomic E-state index is 0.0924. The number of hydrogen-bond acceptors (Lipinski definition) is 2. The molecule has 2 aliphatic carbocycles. The lowest BCUT2D eigenvalue weighted by Crippen LogP contribution is -2.50. The first-order valence-corrected chi connectivity index (χ1v) is 9.96. The Morgan fingerprint density at radius 3 is 1.73 bits per heavy atom. The Labute approximate surface area is 180 Å². The molecule has 4 rings (SSSR count). The number of carbonyl (C=O) groups is 2. The Kier molecular flexibility index (Phi) is 4.03. The van der Waals surface area contributed by atoms with E-state index in [-0.39, 0.29) is 10.1 Å². The molecule has 1 aliphatic heterocycles. The van der Waals surface area contributed by atoms with Crippen LogP contribution in [0, 0.1) is 25.7 Å². The monoisotopic (exact) mass is 471 g/mol. The van der Waals surface area contributed by atoms with Crippen LogP contribution in [0.2, 0.25) is 0 Å². The largest absolute Gasteiger partial charge is 0.274 e. The summed E-state index contributed by atoms with van der Waals surface area (Å²) >= 11 is 38.8. The first-order valence-electron chi connectivity index (χ1n) is 7.69. The quantitative estimate of drug-likeness (QED) is 0.412. The lowest BCUT2D eigenvalue weighted by Gasteiger charge is -2.34. The molecule has 1 aromatic rings. The molecule has 1 saturated heterocycles. The molecule has 3 aliphatic rings. The Balaban J connectivity index is 1.90. The third-order valence-corrected chi connectivity index (χ3v) is 9.92. The van der Waals surface area contributed by atoms with E-state index in [9.17, 15) is 9.59 Å². The molecule has 26 heavy (non-hydrogen) atoms. The average molecular weight is 474 g/mol. The summed E-state index contributed by atoms with van der Waals surface area (Å²) in [4.78, 5) is 23.9. The van der Waals surface area contributed by atoms with Gasteiger partial charge in [-0.3, -0.25) is 9.59 Å². The number of aryl methyl sites for hydroxylation is 2. The van der Waals surface area contributed by atoms with Crippen LogP contribution in [0.1, 0.15) is 11.1 Å². The van der Waals surface area contributed by atoms with E-state index in [4.69, 9.17) is 69.6 Å². The summed E-state index contributed by atoms with van der Waals surface area (Å²) in [5.74, 6) is -3.32. The van der Waals surface area contributed by atoms with Gasteiger partial charge in [-0.05, 0) is 37.1 Å². The van der Waals surface area contributed by atoms with Crippen LogP contribution in [0.5, 0.6) is 0 Å². The Morgan fingerprint density at radius 1 is 0.846 bits per heavy atom. The highest BCUT2D eigenvalue weighted by Crippen LogP contribution is 2.77. The number of benzene rings is 1. The van der Waals surface area contributed by atoms with Crippen molar-refractivity contribution < 1.29 is 9.59 Å². The van der Waals surface area contributed by atoms with Crippen molar-refractivity contribution in [3.8, 4) is 0 Å². The van der Waals surface area contributed by atoms with Crippen molar-refractivity contribution in [2.75, 3.05) is 4.90 Å². The Hall–Kier alpha value is -0.160. The van der Waals surface area contributed by atoms with Gasteiger partial charge in [0.15, 0.2) is 4.33 Å². The summed E-state index contributed by atoms with van der Waals surface area (Å²) in [6.45, 7) is 3.82. The Morgan fingerprint density at radius 2 is 1.31 bits per heavy atom. The summed E-state index contributed by atoms with van der Waals surface area (Å²) in [7, 11) is 0. The molecule has 0 radical (unpaired) electrons. The second-order valence-corrected chi connectivity index (χ2v) is 10.1. The predicted molar refractivity (Wildman–Crippen MR) is 106 cm³/mol. The highest BCUT2D eigenvalue weighted by atomic mass is 35.5. The van der Waals surface area contributed by atoms with Gasteiger partial charge in [-0.1, -0.05) is 52.5 Å². The maximum Gasteiger partial charge on any atom is 0.240 e. The molecule has 2 bridgehead atoms. The van der Waals surface area contributed by atoms with E-state index < -0.39 is 37.7 Å². The number of alkyl halides is 4. The molecule has 2 fully saturated rings. The van der Waals surface area contributed by atoms with Crippen LogP contribution in [0.25, 0.3) is 0 Å². The number of fused-ring (bicyclic) bond motifs is 5. The lowest BCUT2D eigenvalue weighted by molar-refractivity contribution is -0.123. The summed E-state index contributed by atoms with van der Waals surface area (Å²) in [5, 5.41) is -0.185. The maximum atomic E-state index is 13.2. The Bertz CT molecular complexity index is 882. The second kappa shape index (κ2) is 5.46. The lowest BCUT2D eigenvalue weighted by atomic mass is 9.84. The zero-order chi connectivity index (χ0) is 19.4. The third kappa shape index (κ3) is 1.81. The van der Waals surface area contributed by atoms with E-state index in [0.29, 0.717) is 5.69 Å². The number of allylic oxidation sites excluding steroid dienone is 2. The van der Waals surface area contributed by atoms with Gasteiger partial charge in [-0.2, -0.15) is 0 Å². The van der Waals surface area contributed by atoms with Crippen molar-refractivity contribution in [3.05, 3.63) is 39.4 Å². The van der Waals surface area contributed by atoms with E-state index in [1.54, 1.807) is 12.1 Å². The number of carbonyl (C=O) groups excluding carboxylic acids is 2. The van der Waals surface area contributed by atoms with E-state index in [1.807, 2.05) is 19.9 Å². The number of rotatable bonds is 1. The van der Waals surface area contributed by atoms with Gasteiger partial charge in [-0.25, -0.2) is 4.90 Å². The molecule has 4 atom stereocenters. The fourth-order valence-corrected chi connectivity index (χ4v) is 7.04. The summed E-state index contributed by atoms with van der Waals surface area (Å²) in [6, 6.07) is 5.27. The molecule has 0 N–H and O–H groups in total. The van der Waals surface area contributed by atoms with Gasteiger partial charge in [-0.15, -0.1) is 23.2 Å². The van der Waals surface area contributed by atoms with Gasteiger partial charge in [0, 0.05) is 0 Å². The van der Waals surface area contributed by atoms with Gasteiger partial charge < -0.3 is 0 Å². The van der Waals surface area contributed by atoms with Gasteiger partial charge in [0.2, 0.25) is 11.8 Å². The molecule has 138 valence electrons. The molecule has 1 aromatic carbocycles. The summed E-state index contributed by atoms with van der Waals surface area (Å²) in [6.07, 6.45) is 0. The topological polar surface area (TPSA) is 37.4 Å². The zero-order valence-corrected chi connectivity index (χ0v) is 18.0. The molecule has 0 aromatic heterocycles. The fourth-order valence-electron chi connectivity index (χ4n) is 4.11. The highest BCUT2D eigenvalue weighted by molar-refractivity contribution is 6.67. The van der Waals surface area contributed by atoms with Crippen LogP contribution in [-0.4, -0.2) is 25.9 Å². The van der Waals surface area contributed by atoms with Crippen molar-refractivity contribution in [2.45, 2.75) is 27.9 Å². The predicted octanol–water partition coefficient (Wildman–Crippen LogP) is 5.25. The van der Waals surface area contributed by atoms with Crippen molar-refractivity contribution in [1.29, 1.82) is 0 Å². The molecule has 0 spiro atoms. The van der Waals surface area contributed by atoms with Gasteiger partial charge >= 0.3 is 0 Å². The number of hydrogen-bond donors (Lipinski definition) is 0. The van der Waals surface area contributed by atoms with Crippen molar-refractivity contribution in [2.24, 2.45) is 11.8 Å². The van der Waals surface area contributed by atoms with Gasteiger partial charge in [0.1, 0.15) is 9.75 Å². The minimum Gasteiger partial charge on any atom is -0.274 e. The molecule has 1 heterocycles. The molecule has 3 nitrogen and oxygen atoms in total. The third-order valence-electron chi connectivity index (χ3n) is 5.66. The SMILES string of the molecule is Cc1ccc(N2C(=O)[C@H]3[C@H](C2=O)[C@]2(Cl)C(Cl)=C(Cl)[C@]3(Cl)C2(Cl)Cl)cc1C. The minimum atomic E-state index is -1.91. The van der Waals surface area contributed by atoms with Crippen molar-refractivity contribution in [1.82, 2.24) is 0 Å². The van der Waals surface area contributed by atoms with Crippen molar-refractivity contribution in [3.63, 3.8) is 0 Å². The van der Waals surface area contributed by atoms with Gasteiger partial charge in [0.05, 0.1) is 27.6 Å². The number of imide groups is 1. The summed E-state index contributed by atoms with van der Waals surface area (Å²) < 4.78 is -1.91. The zero-order valence-electron chi connectivity index (χ0n) is 13.4. The van der Waals surface area contributed by atoms with Crippen LogP contribution in [0.4, 0.5) is 5.69 Å². The van der Waals surface area contributed by atoms with Crippen LogP contribution in [-0.2, 0) is 9.59 Å². The first-order chi connectivity index (χ1) is 11.9. The molecular formula is C17H11Cl6NO2. The average Bonchev–Trinajstić information content (AvgIpc) is 2.95. The molecule has 9 heteroatoms. The van der Waals surface area contributed by atoms with Crippen LogP contribution < -0.4 is 4.90 Å².